The fraction of sp³-hybridized carbons (Fsp3) is 0.167. The predicted molar refractivity (Wildman–Crippen MR) is 88.2 cm³/mol. The molecule has 0 aliphatic carbocycles. The van der Waals surface area contributed by atoms with E-state index >= 15 is 0 Å². The van der Waals surface area contributed by atoms with Crippen LogP contribution in [-0.4, -0.2) is 36.2 Å². The van der Waals surface area contributed by atoms with Crippen molar-refractivity contribution < 1.29 is 19.1 Å². The quantitative estimate of drug-likeness (QED) is 0.517. The Morgan fingerprint density at radius 1 is 1.08 bits per heavy atom. The number of amides is 2. The summed E-state index contributed by atoms with van der Waals surface area (Å²) >= 11 is 0. The van der Waals surface area contributed by atoms with Gasteiger partial charge in [-0.2, -0.15) is 0 Å². The lowest BCUT2D eigenvalue weighted by atomic mass is 10.1. The minimum atomic E-state index is -0.373. The molecule has 2 aromatic rings. The van der Waals surface area contributed by atoms with Gasteiger partial charge in [-0.25, -0.2) is 0 Å². The number of nitrogen functional groups attached to an aromatic ring is 1. The van der Waals surface area contributed by atoms with Gasteiger partial charge < -0.3 is 10.5 Å². The number of benzene rings is 2. The summed E-state index contributed by atoms with van der Waals surface area (Å²) in [5.74, 6) is -0.472. The van der Waals surface area contributed by atoms with Crippen LogP contribution in [-0.2, 0) is 0 Å². The van der Waals surface area contributed by atoms with Gasteiger partial charge in [-0.15, -0.1) is 0 Å². The van der Waals surface area contributed by atoms with Crippen LogP contribution >= 0.6 is 0 Å². The third-order valence-electron chi connectivity index (χ3n) is 4.00. The Morgan fingerprint density at radius 2 is 1.71 bits per heavy atom. The Labute approximate surface area is 138 Å². The first-order valence-electron chi connectivity index (χ1n) is 7.45. The normalized spacial score (nSPS) is 13.1. The number of ketones is 1. The molecule has 2 N–H and O–H groups in total. The molecule has 1 heterocycles. The summed E-state index contributed by atoms with van der Waals surface area (Å²) in [7, 11) is 1.50. The van der Waals surface area contributed by atoms with Crippen LogP contribution in [0.4, 0.5) is 5.69 Å². The number of carbonyl (C=O) groups excluding carboxylic acids is 3. The molecular formula is C18H16N2O4. The van der Waals surface area contributed by atoms with E-state index in [2.05, 4.69) is 0 Å². The number of nitrogens with two attached hydrogens (primary N) is 1. The van der Waals surface area contributed by atoms with Crippen LogP contribution in [0.15, 0.2) is 42.5 Å². The number of nitrogens with zero attached hydrogens (tertiary/aromatic N) is 1. The predicted octanol–water partition coefficient (Wildman–Crippen LogP) is 2.15. The van der Waals surface area contributed by atoms with Gasteiger partial charge in [0, 0.05) is 24.2 Å². The summed E-state index contributed by atoms with van der Waals surface area (Å²) in [5, 5.41) is 0. The van der Waals surface area contributed by atoms with E-state index in [1.807, 2.05) is 0 Å². The van der Waals surface area contributed by atoms with Crippen LogP contribution in [0.1, 0.15) is 37.5 Å². The second kappa shape index (κ2) is 6.16. The lowest BCUT2D eigenvalue weighted by Gasteiger charge is -2.14. The van der Waals surface area contributed by atoms with Gasteiger partial charge in [-0.1, -0.05) is 12.1 Å². The molecule has 1 aliphatic heterocycles. The maximum absolute atomic E-state index is 12.4. The molecule has 0 spiro atoms. The van der Waals surface area contributed by atoms with Crippen LogP contribution in [0.5, 0.6) is 5.75 Å². The van der Waals surface area contributed by atoms with Crippen LogP contribution in [0.25, 0.3) is 0 Å². The Bertz CT molecular complexity index is 810. The molecular weight excluding hydrogens is 308 g/mol. The van der Waals surface area contributed by atoms with Gasteiger partial charge >= 0.3 is 0 Å². The smallest absolute Gasteiger partial charge is 0.261 e. The molecule has 6 heteroatoms. The van der Waals surface area contributed by atoms with Crippen molar-refractivity contribution in [3.63, 3.8) is 0 Å². The van der Waals surface area contributed by atoms with E-state index in [1.165, 1.54) is 7.11 Å². The van der Waals surface area contributed by atoms with Crippen molar-refractivity contribution in [1.29, 1.82) is 0 Å². The maximum Gasteiger partial charge on any atom is 0.261 e. The van der Waals surface area contributed by atoms with Crippen molar-refractivity contribution in [2.75, 3.05) is 19.4 Å². The Balaban J connectivity index is 1.74. The maximum atomic E-state index is 12.4. The summed E-state index contributed by atoms with van der Waals surface area (Å²) in [6, 6.07) is 11.4. The zero-order chi connectivity index (χ0) is 17.3. The van der Waals surface area contributed by atoms with Crippen LogP contribution in [0.3, 0.4) is 0 Å². The van der Waals surface area contributed by atoms with Gasteiger partial charge in [0.25, 0.3) is 11.8 Å². The highest BCUT2D eigenvalue weighted by Crippen LogP contribution is 2.24. The summed E-state index contributed by atoms with van der Waals surface area (Å²) in [5.41, 5.74) is 7.23. The minimum absolute atomic E-state index is 0.00281. The topological polar surface area (TPSA) is 89.7 Å². The van der Waals surface area contributed by atoms with Gasteiger partial charge in [0.15, 0.2) is 5.78 Å². The zero-order valence-corrected chi connectivity index (χ0v) is 13.1. The fourth-order valence-electron chi connectivity index (χ4n) is 2.69. The number of rotatable bonds is 5. The van der Waals surface area contributed by atoms with E-state index in [0.717, 1.165) is 4.90 Å². The molecule has 0 bridgehead atoms. The highest BCUT2D eigenvalue weighted by molar-refractivity contribution is 6.21. The molecule has 2 amide bonds. The first-order chi connectivity index (χ1) is 11.5. The Kier molecular flexibility index (Phi) is 4.04. The average Bonchev–Trinajstić information content (AvgIpc) is 2.84. The molecule has 3 rings (SSSR count). The van der Waals surface area contributed by atoms with E-state index < -0.39 is 0 Å². The van der Waals surface area contributed by atoms with Crippen LogP contribution < -0.4 is 10.5 Å². The van der Waals surface area contributed by atoms with Crippen molar-refractivity contribution in [3.05, 3.63) is 59.2 Å². The van der Waals surface area contributed by atoms with Gasteiger partial charge in [0.2, 0.25) is 0 Å². The van der Waals surface area contributed by atoms with Gasteiger partial charge in [0.1, 0.15) is 5.75 Å². The second-order valence-corrected chi connectivity index (χ2v) is 5.43. The molecule has 24 heavy (non-hydrogen) atoms. The first-order valence-corrected chi connectivity index (χ1v) is 7.45. The summed E-state index contributed by atoms with van der Waals surface area (Å²) in [4.78, 5) is 38.0. The molecule has 2 aromatic carbocycles. The molecule has 1 aliphatic rings. The third kappa shape index (κ3) is 2.62. The standard InChI is InChI=1S/C18H16N2O4/c1-24-11-6-7-15(19)14(10-11)16(21)8-9-20-17(22)12-4-2-3-5-13(12)18(20)23/h2-7,10H,8-9,19H2,1H3. The molecule has 0 radical (unpaired) electrons. The van der Waals surface area contributed by atoms with Crippen LogP contribution in [0.2, 0.25) is 0 Å². The lowest BCUT2D eigenvalue weighted by Crippen LogP contribution is -2.32. The second-order valence-electron chi connectivity index (χ2n) is 5.43. The third-order valence-corrected chi connectivity index (χ3v) is 4.00. The first kappa shape index (κ1) is 15.7. The summed E-state index contributed by atoms with van der Waals surface area (Å²) < 4.78 is 5.09. The zero-order valence-electron chi connectivity index (χ0n) is 13.1. The number of imide groups is 1. The fourth-order valence-corrected chi connectivity index (χ4v) is 2.69. The van der Waals surface area contributed by atoms with E-state index in [4.69, 9.17) is 10.5 Å². The number of fused-ring (bicyclic) bond motifs is 1. The van der Waals surface area contributed by atoms with E-state index in [0.29, 0.717) is 28.1 Å². The van der Waals surface area contributed by atoms with Crippen molar-refractivity contribution in [3.8, 4) is 5.75 Å². The largest absolute Gasteiger partial charge is 0.497 e. The van der Waals surface area contributed by atoms with Gasteiger partial charge in [0.05, 0.1) is 18.2 Å². The van der Waals surface area contributed by atoms with Gasteiger partial charge in [-0.05, 0) is 30.3 Å². The Morgan fingerprint density at radius 3 is 2.29 bits per heavy atom. The van der Waals surface area contributed by atoms with Crippen molar-refractivity contribution >= 4 is 23.3 Å². The summed E-state index contributed by atoms with van der Waals surface area (Å²) in [6.45, 7) is 0.0157. The molecule has 6 nitrogen and oxygen atoms in total. The number of Topliss-reactive ketones (excluding diaryl/α,β-unsaturated/α-hetero) is 1. The lowest BCUT2D eigenvalue weighted by molar-refractivity contribution is 0.0649. The number of methoxy groups -OCH3 is 1. The number of hydrogen-bond acceptors (Lipinski definition) is 5. The molecule has 0 saturated carbocycles. The van der Waals surface area contributed by atoms with Crippen molar-refractivity contribution in [2.45, 2.75) is 6.42 Å². The molecule has 0 aromatic heterocycles. The minimum Gasteiger partial charge on any atom is -0.497 e. The van der Waals surface area contributed by atoms with E-state index in [1.54, 1.807) is 42.5 Å². The number of carbonyl (C=O) groups is 3. The SMILES string of the molecule is COc1ccc(N)c(C(=O)CCN2C(=O)c3ccccc3C2=O)c1. The average molecular weight is 324 g/mol. The number of ether oxygens (including phenoxy) is 1. The van der Waals surface area contributed by atoms with E-state index in [9.17, 15) is 14.4 Å². The highest BCUT2D eigenvalue weighted by atomic mass is 16.5. The molecule has 0 unspecified atom stereocenters. The number of anilines is 1. The highest BCUT2D eigenvalue weighted by Gasteiger charge is 2.35. The van der Waals surface area contributed by atoms with Crippen molar-refractivity contribution in [2.24, 2.45) is 0 Å². The molecule has 122 valence electrons. The van der Waals surface area contributed by atoms with E-state index in [-0.39, 0.29) is 30.6 Å². The number of hydrogen-bond donors (Lipinski definition) is 1. The molecule has 0 saturated heterocycles. The monoisotopic (exact) mass is 324 g/mol. The summed E-state index contributed by atoms with van der Waals surface area (Å²) in [6.07, 6.45) is 0.00281. The van der Waals surface area contributed by atoms with Crippen LogP contribution in [0, 0.1) is 0 Å². The molecule has 0 fully saturated rings. The Hall–Kier alpha value is -3.15. The van der Waals surface area contributed by atoms with Gasteiger partial charge in [-0.3, -0.25) is 19.3 Å². The van der Waals surface area contributed by atoms with Crippen molar-refractivity contribution in [1.82, 2.24) is 4.90 Å². The molecule has 0 atom stereocenters.